The number of rotatable bonds is 4. The third kappa shape index (κ3) is 2.99. The average Bonchev–Trinajstić information content (AvgIpc) is 3.28. The highest BCUT2D eigenvalue weighted by molar-refractivity contribution is 7.08. The number of hydrogen-bond acceptors (Lipinski definition) is 4. The maximum atomic E-state index is 10.5. The number of aliphatic hydroxyl groups is 1. The molecule has 0 amide bonds. The van der Waals surface area contributed by atoms with Crippen LogP contribution in [0, 0.1) is 0 Å². The summed E-state index contributed by atoms with van der Waals surface area (Å²) in [4.78, 5) is 5.70. The first kappa shape index (κ1) is 15.1. The van der Waals surface area contributed by atoms with Gasteiger partial charge in [0.1, 0.15) is 0 Å². The smallest absolute Gasteiger partial charge is 0.239 e. The summed E-state index contributed by atoms with van der Waals surface area (Å²) in [5.41, 5.74) is 4.26. The molecule has 1 N–H and O–H groups in total. The van der Waals surface area contributed by atoms with Gasteiger partial charge in [0.2, 0.25) is 5.79 Å². The molecule has 0 aliphatic carbocycles. The molecular formula is C20H17NO2S. The highest BCUT2D eigenvalue weighted by Crippen LogP contribution is 2.32. The van der Waals surface area contributed by atoms with Gasteiger partial charge in [-0.15, -0.1) is 0 Å². The zero-order valence-electron chi connectivity index (χ0n) is 13.0. The van der Waals surface area contributed by atoms with E-state index in [0.717, 1.165) is 11.1 Å². The van der Waals surface area contributed by atoms with Gasteiger partial charge in [-0.3, -0.25) is 5.06 Å². The first-order valence-electron chi connectivity index (χ1n) is 7.77. The molecule has 1 aliphatic rings. The van der Waals surface area contributed by atoms with E-state index in [1.807, 2.05) is 35.0 Å². The Bertz CT molecular complexity index is 828. The predicted molar refractivity (Wildman–Crippen MR) is 95.9 cm³/mol. The van der Waals surface area contributed by atoms with Crippen LogP contribution in [0.15, 0.2) is 83.7 Å². The summed E-state index contributed by atoms with van der Waals surface area (Å²) >= 11 is 1.54. The Labute approximate surface area is 145 Å². The third-order valence-electron chi connectivity index (χ3n) is 4.06. The van der Waals surface area contributed by atoms with Gasteiger partial charge in [0.25, 0.3) is 0 Å². The Morgan fingerprint density at radius 3 is 2.42 bits per heavy atom. The van der Waals surface area contributed by atoms with Crippen LogP contribution in [0.3, 0.4) is 0 Å². The van der Waals surface area contributed by atoms with Crippen molar-refractivity contribution in [2.24, 2.45) is 0 Å². The summed E-state index contributed by atoms with van der Waals surface area (Å²) in [5, 5.41) is 16.0. The van der Waals surface area contributed by atoms with E-state index >= 15 is 0 Å². The van der Waals surface area contributed by atoms with E-state index in [-0.39, 0.29) is 0 Å². The van der Waals surface area contributed by atoms with Crippen LogP contribution in [-0.4, -0.2) is 10.2 Å². The predicted octanol–water partition coefficient (Wildman–Crippen LogP) is 4.52. The zero-order valence-corrected chi connectivity index (χ0v) is 13.8. The summed E-state index contributed by atoms with van der Waals surface area (Å²) < 4.78 is 0. The van der Waals surface area contributed by atoms with Crippen molar-refractivity contribution in [3.05, 3.63) is 94.8 Å². The van der Waals surface area contributed by atoms with E-state index in [2.05, 4.69) is 36.4 Å². The molecule has 24 heavy (non-hydrogen) atoms. The molecule has 4 heteroatoms. The van der Waals surface area contributed by atoms with Gasteiger partial charge in [0.05, 0.1) is 6.54 Å². The molecule has 3 aromatic rings. The van der Waals surface area contributed by atoms with Crippen molar-refractivity contribution in [1.29, 1.82) is 0 Å². The largest absolute Gasteiger partial charge is 0.357 e. The molecule has 1 atom stereocenters. The van der Waals surface area contributed by atoms with Crippen molar-refractivity contribution >= 4 is 11.3 Å². The maximum absolute atomic E-state index is 10.5. The minimum absolute atomic E-state index is 0.581. The molecule has 1 aromatic heterocycles. The van der Waals surface area contributed by atoms with Crippen LogP contribution in [0.1, 0.15) is 11.1 Å². The van der Waals surface area contributed by atoms with Gasteiger partial charge in [-0.1, -0.05) is 54.6 Å². The molecule has 2 heterocycles. The Morgan fingerprint density at radius 1 is 0.958 bits per heavy atom. The molecule has 3 nitrogen and oxygen atoms in total. The summed E-state index contributed by atoms with van der Waals surface area (Å²) in [6, 6.07) is 20.5. The molecule has 0 saturated heterocycles. The maximum Gasteiger partial charge on any atom is 0.239 e. The highest BCUT2D eigenvalue weighted by Gasteiger charge is 2.35. The standard InChI is InChI=1S/C20H17NO2S/c22-20(19-10-13-24-15-19)11-12-21(23-20)14-16-6-8-18(9-7-16)17-4-2-1-3-5-17/h1-13,15,22H,14H2. The van der Waals surface area contributed by atoms with Crippen LogP contribution in [-0.2, 0) is 17.2 Å². The number of hydroxylamine groups is 2. The lowest BCUT2D eigenvalue weighted by Crippen LogP contribution is -2.28. The Morgan fingerprint density at radius 2 is 1.71 bits per heavy atom. The Balaban J connectivity index is 1.45. The van der Waals surface area contributed by atoms with Crippen molar-refractivity contribution in [3.8, 4) is 11.1 Å². The molecule has 2 aromatic carbocycles. The minimum Gasteiger partial charge on any atom is -0.357 e. The van der Waals surface area contributed by atoms with Crippen LogP contribution < -0.4 is 0 Å². The second-order valence-electron chi connectivity index (χ2n) is 5.75. The molecule has 0 bridgehead atoms. The van der Waals surface area contributed by atoms with E-state index in [1.54, 1.807) is 17.3 Å². The topological polar surface area (TPSA) is 32.7 Å². The molecule has 0 fully saturated rings. The fourth-order valence-corrected chi connectivity index (χ4v) is 3.44. The fourth-order valence-electron chi connectivity index (χ4n) is 2.74. The van der Waals surface area contributed by atoms with Gasteiger partial charge in [0.15, 0.2) is 0 Å². The number of thiophene rings is 1. The lowest BCUT2D eigenvalue weighted by Gasteiger charge is -2.23. The van der Waals surface area contributed by atoms with Crippen molar-refractivity contribution < 1.29 is 9.94 Å². The minimum atomic E-state index is -1.36. The van der Waals surface area contributed by atoms with Gasteiger partial charge < -0.3 is 5.11 Å². The van der Waals surface area contributed by atoms with Crippen molar-refractivity contribution in [3.63, 3.8) is 0 Å². The van der Waals surface area contributed by atoms with Crippen LogP contribution in [0.25, 0.3) is 11.1 Å². The quantitative estimate of drug-likeness (QED) is 0.761. The lowest BCUT2D eigenvalue weighted by atomic mass is 10.0. The Hall–Kier alpha value is -2.40. The van der Waals surface area contributed by atoms with E-state index in [4.69, 9.17) is 4.84 Å². The van der Waals surface area contributed by atoms with E-state index < -0.39 is 5.79 Å². The van der Waals surface area contributed by atoms with Gasteiger partial charge in [-0.2, -0.15) is 11.3 Å². The molecule has 4 rings (SSSR count). The Kier molecular flexibility index (Phi) is 3.94. The molecule has 0 radical (unpaired) electrons. The van der Waals surface area contributed by atoms with Crippen LogP contribution >= 0.6 is 11.3 Å². The second-order valence-corrected chi connectivity index (χ2v) is 6.53. The van der Waals surface area contributed by atoms with Crippen molar-refractivity contribution in [2.45, 2.75) is 12.3 Å². The van der Waals surface area contributed by atoms with Gasteiger partial charge >= 0.3 is 0 Å². The number of benzene rings is 2. The van der Waals surface area contributed by atoms with E-state index in [1.165, 1.54) is 22.5 Å². The van der Waals surface area contributed by atoms with Crippen LogP contribution in [0.2, 0.25) is 0 Å². The first-order valence-corrected chi connectivity index (χ1v) is 8.72. The summed E-state index contributed by atoms with van der Waals surface area (Å²) in [5.74, 6) is -1.36. The zero-order chi connectivity index (χ0) is 16.4. The number of hydrogen-bond donors (Lipinski definition) is 1. The summed E-state index contributed by atoms with van der Waals surface area (Å²) in [6.45, 7) is 0.581. The second kappa shape index (κ2) is 6.24. The van der Waals surface area contributed by atoms with Crippen molar-refractivity contribution in [1.82, 2.24) is 5.06 Å². The first-order chi connectivity index (χ1) is 11.7. The molecule has 120 valence electrons. The SMILES string of the molecule is OC1(c2ccsc2)C=CN(Cc2ccc(-c3ccccc3)cc2)O1. The molecule has 1 unspecified atom stereocenters. The average molecular weight is 335 g/mol. The van der Waals surface area contributed by atoms with E-state index in [9.17, 15) is 5.11 Å². The van der Waals surface area contributed by atoms with Gasteiger partial charge in [-0.25, -0.2) is 4.84 Å². The van der Waals surface area contributed by atoms with Gasteiger partial charge in [0, 0.05) is 11.8 Å². The monoisotopic (exact) mass is 335 g/mol. The molecule has 0 spiro atoms. The molecular weight excluding hydrogens is 318 g/mol. The fraction of sp³-hybridized carbons (Fsp3) is 0.100. The van der Waals surface area contributed by atoms with Crippen LogP contribution in [0.4, 0.5) is 0 Å². The normalized spacial score (nSPS) is 19.8. The summed E-state index contributed by atoms with van der Waals surface area (Å²) in [6.07, 6.45) is 3.45. The van der Waals surface area contributed by atoms with Gasteiger partial charge in [-0.05, 0) is 39.6 Å². The van der Waals surface area contributed by atoms with E-state index in [0.29, 0.717) is 6.54 Å². The van der Waals surface area contributed by atoms with Crippen LogP contribution in [0.5, 0.6) is 0 Å². The molecule has 1 aliphatic heterocycles. The third-order valence-corrected chi connectivity index (χ3v) is 4.74. The lowest BCUT2D eigenvalue weighted by molar-refractivity contribution is -0.280. The number of nitrogens with zero attached hydrogens (tertiary/aromatic N) is 1. The van der Waals surface area contributed by atoms with Crippen molar-refractivity contribution in [2.75, 3.05) is 0 Å². The highest BCUT2D eigenvalue weighted by atomic mass is 32.1. The molecule has 0 saturated carbocycles. The summed E-state index contributed by atoms with van der Waals surface area (Å²) in [7, 11) is 0.